The molecule has 1 saturated carbocycles. The van der Waals surface area contributed by atoms with E-state index in [9.17, 15) is 4.79 Å². The van der Waals surface area contributed by atoms with E-state index in [0.29, 0.717) is 22.4 Å². The Morgan fingerprint density at radius 3 is 2.73 bits per heavy atom. The van der Waals surface area contributed by atoms with Crippen molar-refractivity contribution in [3.63, 3.8) is 0 Å². The highest BCUT2D eigenvalue weighted by Crippen LogP contribution is 2.47. The topological polar surface area (TPSA) is 17.1 Å². The third kappa shape index (κ3) is 1.38. The number of alkyl halides is 1. The second-order valence-electron chi connectivity index (χ2n) is 4.60. The number of hydrogen-bond donors (Lipinski definition) is 0. The van der Waals surface area contributed by atoms with Gasteiger partial charge >= 0.3 is 0 Å². The Kier molecular flexibility index (Phi) is 2.20. The van der Waals surface area contributed by atoms with Gasteiger partial charge in [-0.15, -0.1) is 0 Å². The fourth-order valence-corrected chi connectivity index (χ4v) is 3.67. The van der Waals surface area contributed by atoms with E-state index in [-0.39, 0.29) is 11.8 Å². The smallest absolute Gasteiger partial charge is 0.144 e. The minimum absolute atomic E-state index is 0.146. The first kappa shape index (κ1) is 9.59. The lowest BCUT2D eigenvalue weighted by Crippen LogP contribution is -2.22. The Labute approximate surface area is 98.1 Å². The van der Waals surface area contributed by atoms with E-state index in [2.05, 4.69) is 46.3 Å². The number of Topliss-reactive ketones (excluding diaryl/α,β-unsaturated/α-hetero) is 1. The lowest BCUT2D eigenvalue weighted by molar-refractivity contribution is -0.123. The Morgan fingerprint density at radius 2 is 1.87 bits per heavy atom. The van der Waals surface area contributed by atoms with E-state index in [1.54, 1.807) is 0 Å². The highest BCUT2D eigenvalue weighted by molar-refractivity contribution is 9.09. The summed E-state index contributed by atoms with van der Waals surface area (Å²) in [5.41, 5.74) is 0. The first-order valence-electron chi connectivity index (χ1n) is 5.48. The van der Waals surface area contributed by atoms with Crippen molar-refractivity contribution in [1.29, 1.82) is 0 Å². The van der Waals surface area contributed by atoms with Crippen molar-refractivity contribution in [3.8, 4) is 0 Å². The molecule has 0 bridgehead atoms. The van der Waals surface area contributed by atoms with Gasteiger partial charge in [0.1, 0.15) is 5.78 Å². The normalized spacial score (nSPS) is 46.7. The van der Waals surface area contributed by atoms with Crippen LogP contribution in [0, 0.1) is 23.7 Å². The number of halogens is 1. The van der Waals surface area contributed by atoms with Gasteiger partial charge in [-0.1, -0.05) is 52.4 Å². The van der Waals surface area contributed by atoms with Gasteiger partial charge in [0, 0.05) is 16.7 Å². The molecule has 5 atom stereocenters. The van der Waals surface area contributed by atoms with Crippen molar-refractivity contribution in [2.45, 2.75) is 11.2 Å². The van der Waals surface area contributed by atoms with E-state index in [1.807, 2.05) is 6.08 Å². The molecule has 5 unspecified atom stereocenters. The largest absolute Gasteiger partial charge is 0.299 e. The first-order chi connectivity index (χ1) is 7.27. The maximum atomic E-state index is 12.2. The minimum Gasteiger partial charge on any atom is -0.299 e. The van der Waals surface area contributed by atoms with Crippen molar-refractivity contribution in [1.82, 2.24) is 0 Å². The zero-order chi connectivity index (χ0) is 10.4. The molecule has 0 aromatic heterocycles. The van der Waals surface area contributed by atoms with E-state index >= 15 is 0 Å². The average molecular weight is 265 g/mol. The molecular formula is C13H13BrO. The number of rotatable bonds is 0. The van der Waals surface area contributed by atoms with Crippen molar-refractivity contribution in [3.05, 3.63) is 36.5 Å². The molecule has 3 rings (SSSR count). The molecule has 1 nitrogen and oxygen atoms in total. The van der Waals surface area contributed by atoms with Gasteiger partial charge in [0.2, 0.25) is 0 Å². The molecule has 0 aromatic rings. The van der Waals surface area contributed by atoms with Gasteiger partial charge in [0.15, 0.2) is 0 Å². The molecule has 0 radical (unpaired) electrons. The van der Waals surface area contributed by atoms with Crippen molar-refractivity contribution in [2.75, 3.05) is 0 Å². The molecule has 0 heterocycles. The maximum Gasteiger partial charge on any atom is 0.144 e. The van der Waals surface area contributed by atoms with Crippen LogP contribution in [0.3, 0.4) is 0 Å². The molecule has 78 valence electrons. The van der Waals surface area contributed by atoms with E-state index in [0.717, 1.165) is 6.42 Å². The molecule has 15 heavy (non-hydrogen) atoms. The van der Waals surface area contributed by atoms with Gasteiger partial charge in [0.25, 0.3) is 0 Å². The van der Waals surface area contributed by atoms with E-state index in [1.165, 1.54) is 0 Å². The second-order valence-corrected chi connectivity index (χ2v) is 5.77. The number of carbonyl (C=O) groups excluding carboxylic acids is 1. The van der Waals surface area contributed by atoms with Crippen molar-refractivity contribution < 1.29 is 4.79 Å². The van der Waals surface area contributed by atoms with Crippen LogP contribution in [0.1, 0.15) is 6.42 Å². The Morgan fingerprint density at radius 1 is 1.07 bits per heavy atom. The molecule has 0 saturated heterocycles. The molecule has 1 fully saturated rings. The van der Waals surface area contributed by atoms with E-state index < -0.39 is 0 Å². The summed E-state index contributed by atoms with van der Waals surface area (Å²) in [6, 6.07) is 0. The summed E-state index contributed by atoms with van der Waals surface area (Å²) < 4.78 is 0. The maximum absolute atomic E-state index is 12.2. The molecule has 3 aliphatic carbocycles. The Balaban J connectivity index is 1.98. The third-order valence-corrected chi connectivity index (χ3v) is 4.48. The molecule has 2 heteroatoms. The van der Waals surface area contributed by atoms with Crippen LogP contribution < -0.4 is 0 Å². The fraction of sp³-hybridized carbons (Fsp3) is 0.462. The molecule has 0 spiro atoms. The van der Waals surface area contributed by atoms with Crippen LogP contribution >= 0.6 is 15.9 Å². The SMILES string of the molecule is O=C1C2C=CC=CC2C2C=CC(Br)CC12. The quantitative estimate of drug-likeness (QED) is 0.486. The van der Waals surface area contributed by atoms with Crippen LogP contribution in [0.5, 0.6) is 0 Å². The molecule has 3 aliphatic rings. The van der Waals surface area contributed by atoms with Crippen LogP contribution in [-0.2, 0) is 4.79 Å². The van der Waals surface area contributed by atoms with Crippen LogP contribution in [0.25, 0.3) is 0 Å². The predicted octanol–water partition coefficient (Wildman–Crippen LogP) is 2.88. The van der Waals surface area contributed by atoms with Crippen LogP contribution in [0.15, 0.2) is 36.5 Å². The summed E-state index contributed by atoms with van der Waals surface area (Å²) >= 11 is 3.58. The monoisotopic (exact) mass is 264 g/mol. The number of carbonyl (C=O) groups is 1. The summed E-state index contributed by atoms with van der Waals surface area (Å²) in [5, 5.41) is 0. The molecule has 0 amide bonds. The highest BCUT2D eigenvalue weighted by Gasteiger charge is 2.48. The standard InChI is InChI=1S/C13H13BrO/c14-8-5-6-10-9-3-1-2-4-11(9)13(15)12(10)7-8/h1-6,8-12H,7H2. The zero-order valence-electron chi connectivity index (χ0n) is 8.34. The summed E-state index contributed by atoms with van der Waals surface area (Å²) in [4.78, 5) is 12.6. The number of fused-ring (bicyclic) bond motifs is 3. The van der Waals surface area contributed by atoms with Gasteiger partial charge < -0.3 is 0 Å². The lowest BCUT2D eigenvalue weighted by atomic mass is 9.81. The fourth-order valence-electron chi connectivity index (χ4n) is 3.09. The summed E-state index contributed by atoms with van der Waals surface area (Å²) in [7, 11) is 0. The molecule has 0 aliphatic heterocycles. The molecular weight excluding hydrogens is 252 g/mol. The summed E-state index contributed by atoms with van der Waals surface area (Å²) in [5.74, 6) is 1.69. The Hall–Kier alpha value is -0.630. The lowest BCUT2D eigenvalue weighted by Gasteiger charge is -2.25. The number of ketones is 1. The van der Waals surface area contributed by atoms with Gasteiger partial charge in [-0.3, -0.25) is 4.79 Å². The number of hydrogen-bond acceptors (Lipinski definition) is 1. The second kappa shape index (κ2) is 3.44. The predicted molar refractivity (Wildman–Crippen MR) is 63.7 cm³/mol. The summed E-state index contributed by atoms with van der Waals surface area (Å²) in [6.07, 6.45) is 13.8. The van der Waals surface area contributed by atoms with Crippen LogP contribution in [0.2, 0.25) is 0 Å². The van der Waals surface area contributed by atoms with Crippen molar-refractivity contribution in [2.24, 2.45) is 23.7 Å². The van der Waals surface area contributed by atoms with Gasteiger partial charge in [-0.05, 0) is 18.3 Å². The van der Waals surface area contributed by atoms with Crippen molar-refractivity contribution >= 4 is 21.7 Å². The Bertz CT molecular complexity index is 380. The average Bonchev–Trinajstić information content (AvgIpc) is 2.54. The zero-order valence-corrected chi connectivity index (χ0v) is 9.93. The number of allylic oxidation sites excluding steroid dienone is 6. The van der Waals surface area contributed by atoms with Gasteiger partial charge in [-0.2, -0.15) is 0 Å². The van der Waals surface area contributed by atoms with Gasteiger partial charge in [-0.25, -0.2) is 0 Å². The molecule has 0 N–H and O–H groups in total. The van der Waals surface area contributed by atoms with Crippen LogP contribution in [-0.4, -0.2) is 10.6 Å². The highest BCUT2D eigenvalue weighted by atomic mass is 79.9. The van der Waals surface area contributed by atoms with Crippen LogP contribution in [0.4, 0.5) is 0 Å². The molecule has 0 aromatic carbocycles. The van der Waals surface area contributed by atoms with Gasteiger partial charge in [0.05, 0.1) is 0 Å². The third-order valence-electron chi connectivity index (χ3n) is 3.80. The van der Waals surface area contributed by atoms with E-state index in [4.69, 9.17) is 0 Å². The first-order valence-corrected chi connectivity index (χ1v) is 6.40. The minimum atomic E-state index is 0.146. The summed E-state index contributed by atoms with van der Waals surface area (Å²) in [6.45, 7) is 0.